The van der Waals surface area contributed by atoms with Crippen LogP contribution in [0, 0.1) is 12.7 Å². The number of benzene rings is 2. The number of rotatable bonds is 4. The van der Waals surface area contributed by atoms with Crippen LogP contribution < -0.4 is 16.4 Å². The zero-order valence-electron chi connectivity index (χ0n) is 12.8. The van der Waals surface area contributed by atoms with E-state index in [2.05, 4.69) is 36.5 Å². The molecule has 2 aromatic carbocycles. The number of aryl methyl sites for hydroxylation is 1. The van der Waals surface area contributed by atoms with Gasteiger partial charge in [0.15, 0.2) is 11.6 Å². The van der Waals surface area contributed by atoms with E-state index in [1.807, 2.05) is 31.2 Å². The average Bonchev–Trinajstić information content (AvgIpc) is 2.55. The highest BCUT2D eigenvalue weighted by molar-refractivity contribution is 9.10. The summed E-state index contributed by atoms with van der Waals surface area (Å²) in [6.07, 6.45) is 1.37. The van der Waals surface area contributed by atoms with Crippen LogP contribution in [0.25, 0.3) is 0 Å². The van der Waals surface area contributed by atoms with E-state index in [1.165, 1.54) is 12.4 Å². The predicted molar refractivity (Wildman–Crippen MR) is 98.3 cm³/mol. The molecule has 0 saturated heterocycles. The summed E-state index contributed by atoms with van der Waals surface area (Å²) >= 11 is 3.22. The van der Waals surface area contributed by atoms with Gasteiger partial charge in [0.2, 0.25) is 0 Å². The van der Waals surface area contributed by atoms with Crippen LogP contribution in [0.2, 0.25) is 0 Å². The Morgan fingerprint density at radius 1 is 1.00 bits per heavy atom. The lowest BCUT2D eigenvalue weighted by Crippen LogP contribution is -2.06. The normalized spacial score (nSPS) is 10.5. The molecule has 0 aliphatic carbocycles. The maximum absolute atomic E-state index is 14.0. The van der Waals surface area contributed by atoms with Crippen molar-refractivity contribution in [1.29, 1.82) is 0 Å². The van der Waals surface area contributed by atoms with Gasteiger partial charge >= 0.3 is 0 Å². The summed E-state index contributed by atoms with van der Waals surface area (Å²) < 4.78 is 14.6. The van der Waals surface area contributed by atoms with Crippen molar-refractivity contribution in [1.82, 2.24) is 9.97 Å². The summed E-state index contributed by atoms with van der Waals surface area (Å²) in [6, 6.07) is 12.5. The SMILES string of the molecule is Cc1ccc(Nc2ncnc(Nc3ccc(Br)cc3F)c2N)cc1. The van der Waals surface area contributed by atoms with Crippen LogP contribution in [0.5, 0.6) is 0 Å². The number of nitrogens with two attached hydrogens (primary N) is 1. The van der Waals surface area contributed by atoms with E-state index in [-0.39, 0.29) is 5.69 Å². The number of hydrogen-bond donors (Lipinski definition) is 3. The van der Waals surface area contributed by atoms with Gasteiger partial charge in [0.1, 0.15) is 17.8 Å². The van der Waals surface area contributed by atoms with Crippen molar-refractivity contribution in [3.63, 3.8) is 0 Å². The zero-order chi connectivity index (χ0) is 17.1. The van der Waals surface area contributed by atoms with Gasteiger partial charge in [0.25, 0.3) is 0 Å². The van der Waals surface area contributed by atoms with Crippen LogP contribution in [0.4, 0.5) is 33.1 Å². The van der Waals surface area contributed by atoms with Gasteiger partial charge in [0, 0.05) is 10.2 Å². The van der Waals surface area contributed by atoms with Gasteiger partial charge in [-0.05, 0) is 37.3 Å². The predicted octanol–water partition coefficient (Wildman–Crippen LogP) is 4.76. The highest BCUT2D eigenvalue weighted by Gasteiger charge is 2.11. The van der Waals surface area contributed by atoms with Crippen molar-refractivity contribution in [2.24, 2.45) is 0 Å². The maximum Gasteiger partial charge on any atom is 0.159 e. The molecule has 0 saturated carbocycles. The summed E-state index contributed by atoms with van der Waals surface area (Å²) in [5.74, 6) is 0.380. The molecule has 0 amide bonds. The first-order chi connectivity index (χ1) is 11.5. The fraction of sp³-hybridized carbons (Fsp3) is 0.0588. The summed E-state index contributed by atoms with van der Waals surface area (Å²) in [5, 5.41) is 6.02. The third-order valence-corrected chi connectivity index (χ3v) is 3.88. The minimum Gasteiger partial charge on any atom is -0.393 e. The van der Waals surface area contributed by atoms with E-state index in [4.69, 9.17) is 5.73 Å². The van der Waals surface area contributed by atoms with E-state index >= 15 is 0 Å². The molecule has 0 aliphatic heterocycles. The molecule has 0 unspecified atom stereocenters. The van der Waals surface area contributed by atoms with Crippen molar-refractivity contribution in [2.75, 3.05) is 16.4 Å². The Morgan fingerprint density at radius 3 is 2.33 bits per heavy atom. The number of hydrogen-bond acceptors (Lipinski definition) is 5. The summed E-state index contributed by atoms with van der Waals surface area (Å²) in [4.78, 5) is 8.23. The molecule has 1 aromatic heterocycles. The second-order valence-corrected chi connectivity index (χ2v) is 6.14. The average molecular weight is 388 g/mol. The first-order valence-corrected chi connectivity index (χ1v) is 7.98. The number of nitrogen functional groups attached to an aromatic ring is 1. The van der Waals surface area contributed by atoms with Crippen molar-refractivity contribution >= 4 is 44.6 Å². The first-order valence-electron chi connectivity index (χ1n) is 7.19. The first kappa shape index (κ1) is 16.2. The van der Waals surface area contributed by atoms with Crippen LogP contribution in [0.15, 0.2) is 53.3 Å². The van der Waals surface area contributed by atoms with E-state index in [0.717, 1.165) is 11.3 Å². The van der Waals surface area contributed by atoms with Gasteiger partial charge in [-0.15, -0.1) is 0 Å². The van der Waals surface area contributed by atoms with Gasteiger partial charge in [0.05, 0.1) is 5.69 Å². The Bertz CT molecular complexity index is 867. The highest BCUT2D eigenvalue weighted by atomic mass is 79.9. The fourth-order valence-corrected chi connectivity index (χ4v) is 2.42. The van der Waals surface area contributed by atoms with Crippen LogP contribution >= 0.6 is 15.9 Å². The fourth-order valence-electron chi connectivity index (χ4n) is 2.09. The number of nitrogens with zero attached hydrogens (tertiary/aromatic N) is 2. The Morgan fingerprint density at radius 2 is 1.67 bits per heavy atom. The summed E-state index contributed by atoms with van der Waals surface area (Å²) in [7, 11) is 0. The molecular weight excluding hydrogens is 373 g/mol. The van der Waals surface area contributed by atoms with Crippen molar-refractivity contribution in [3.8, 4) is 0 Å². The lowest BCUT2D eigenvalue weighted by atomic mass is 10.2. The molecule has 7 heteroatoms. The quantitative estimate of drug-likeness (QED) is 0.601. The standard InChI is InChI=1S/C17H15BrFN5/c1-10-2-5-12(6-3-10)23-16-15(20)17(22-9-21-16)24-14-7-4-11(18)8-13(14)19/h2-9H,20H2,1H3,(H2,21,22,23,24). The summed E-state index contributed by atoms with van der Waals surface area (Å²) in [5.41, 5.74) is 8.71. The monoisotopic (exact) mass is 387 g/mol. The number of nitrogens with one attached hydrogen (secondary N) is 2. The van der Waals surface area contributed by atoms with Gasteiger partial charge in [-0.3, -0.25) is 0 Å². The number of aromatic nitrogens is 2. The van der Waals surface area contributed by atoms with E-state index in [0.29, 0.717) is 21.8 Å². The molecule has 5 nitrogen and oxygen atoms in total. The van der Waals surface area contributed by atoms with Crippen LogP contribution in [0.1, 0.15) is 5.56 Å². The molecule has 122 valence electrons. The maximum atomic E-state index is 14.0. The molecule has 1 heterocycles. The lowest BCUT2D eigenvalue weighted by molar-refractivity contribution is 0.631. The lowest BCUT2D eigenvalue weighted by Gasteiger charge is -2.13. The van der Waals surface area contributed by atoms with E-state index in [9.17, 15) is 4.39 Å². The molecule has 24 heavy (non-hydrogen) atoms. The Hall–Kier alpha value is -2.67. The Kier molecular flexibility index (Phi) is 4.61. The van der Waals surface area contributed by atoms with E-state index in [1.54, 1.807) is 12.1 Å². The molecule has 0 aliphatic rings. The topological polar surface area (TPSA) is 75.9 Å². The van der Waals surface area contributed by atoms with E-state index < -0.39 is 5.82 Å². The Balaban J connectivity index is 1.86. The molecule has 3 rings (SSSR count). The molecule has 0 radical (unpaired) electrons. The minimum absolute atomic E-state index is 0.282. The van der Waals surface area contributed by atoms with Gasteiger partial charge < -0.3 is 16.4 Å². The minimum atomic E-state index is -0.407. The number of halogens is 2. The van der Waals surface area contributed by atoms with Crippen molar-refractivity contribution in [3.05, 3.63) is 64.6 Å². The molecule has 0 spiro atoms. The highest BCUT2D eigenvalue weighted by Crippen LogP contribution is 2.29. The Labute approximate surface area is 147 Å². The van der Waals surface area contributed by atoms with Crippen LogP contribution in [-0.4, -0.2) is 9.97 Å². The molecular formula is C17H15BrFN5. The zero-order valence-corrected chi connectivity index (χ0v) is 14.4. The third kappa shape index (κ3) is 3.62. The van der Waals surface area contributed by atoms with Gasteiger partial charge in [-0.25, -0.2) is 14.4 Å². The summed E-state index contributed by atoms with van der Waals surface area (Å²) in [6.45, 7) is 2.01. The van der Waals surface area contributed by atoms with Gasteiger partial charge in [-0.2, -0.15) is 0 Å². The van der Waals surface area contributed by atoms with Crippen LogP contribution in [0.3, 0.4) is 0 Å². The van der Waals surface area contributed by atoms with Crippen molar-refractivity contribution < 1.29 is 4.39 Å². The third-order valence-electron chi connectivity index (χ3n) is 3.38. The second-order valence-electron chi connectivity index (χ2n) is 5.22. The molecule has 3 aromatic rings. The second kappa shape index (κ2) is 6.84. The molecule has 4 N–H and O–H groups in total. The molecule has 0 fully saturated rings. The molecule has 0 bridgehead atoms. The van der Waals surface area contributed by atoms with Gasteiger partial charge in [-0.1, -0.05) is 33.6 Å². The van der Waals surface area contributed by atoms with Crippen molar-refractivity contribution in [2.45, 2.75) is 6.92 Å². The van der Waals surface area contributed by atoms with Crippen LogP contribution in [-0.2, 0) is 0 Å². The smallest absolute Gasteiger partial charge is 0.159 e. The number of anilines is 5. The molecule has 0 atom stereocenters. The largest absolute Gasteiger partial charge is 0.393 e.